The van der Waals surface area contributed by atoms with Crippen molar-refractivity contribution in [1.82, 2.24) is 4.57 Å². The number of carbonyl (C=O) groups excluding carboxylic acids is 1. The minimum atomic E-state index is -0.944. The summed E-state index contributed by atoms with van der Waals surface area (Å²) >= 11 is 0. The van der Waals surface area contributed by atoms with Crippen molar-refractivity contribution < 1.29 is 14.7 Å². The monoisotopic (exact) mass is 298 g/mol. The number of carboxylic acid groups (broad SMARTS) is 1. The maximum atomic E-state index is 11.0. The number of amides is 1. The Hall–Kier alpha value is -2.82. The van der Waals surface area contributed by atoms with Crippen LogP contribution >= 0.6 is 0 Å². The second-order valence-corrected chi connectivity index (χ2v) is 5.20. The Morgan fingerprint density at radius 2 is 1.86 bits per heavy atom. The molecule has 0 saturated heterocycles. The zero-order chi connectivity index (χ0) is 16.4. The lowest BCUT2D eigenvalue weighted by Gasteiger charge is -2.13. The summed E-state index contributed by atoms with van der Waals surface area (Å²) in [6, 6.07) is 6.98. The molecule has 3 N–H and O–H groups in total. The zero-order valence-corrected chi connectivity index (χ0v) is 12.8. The molecule has 1 heterocycles. The summed E-state index contributed by atoms with van der Waals surface area (Å²) in [7, 11) is 0. The summed E-state index contributed by atoms with van der Waals surface area (Å²) in [5.41, 5.74) is 10.0. The van der Waals surface area contributed by atoms with Crippen molar-refractivity contribution in [3.8, 4) is 5.69 Å². The summed E-state index contributed by atoms with van der Waals surface area (Å²) in [5, 5.41) is 9.05. The fourth-order valence-corrected chi connectivity index (χ4v) is 2.54. The summed E-state index contributed by atoms with van der Waals surface area (Å²) in [6.07, 6.45) is 3.01. The molecule has 5 nitrogen and oxygen atoms in total. The average molecular weight is 298 g/mol. The highest BCUT2D eigenvalue weighted by Crippen LogP contribution is 2.24. The van der Waals surface area contributed by atoms with Crippen LogP contribution in [0.3, 0.4) is 0 Å². The molecule has 2 rings (SSSR count). The number of carboxylic acids is 1. The lowest BCUT2D eigenvalue weighted by molar-refractivity contribution is -0.113. The van der Waals surface area contributed by atoms with Gasteiger partial charge in [0.2, 0.25) is 5.91 Å². The number of carbonyl (C=O) groups is 2. The van der Waals surface area contributed by atoms with Crippen LogP contribution in [0.25, 0.3) is 11.8 Å². The Kier molecular flexibility index (Phi) is 4.17. The third-order valence-corrected chi connectivity index (χ3v) is 3.58. The molecule has 0 aliphatic rings. The Labute approximate surface area is 128 Å². The van der Waals surface area contributed by atoms with Crippen molar-refractivity contribution in [2.75, 3.05) is 0 Å². The van der Waals surface area contributed by atoms with E-state index in [1.54, 1.807) is 24.3 Å². The summed E-state index contributed by atoms with van der Waals surface area (Å²) in [5.74, 6) is -1.44. The smallest absolute Gasteiger partial charge is 0.335 e. The van der Waals surface area contributed by atoms with Crippen LogP contribution in [-0.2, 0) is 4.79 Å². The molecule has 0 atom stereocenters. The Morgan fingerprint density at radius 1 is 1.18 bits per heavy atom. The molecule has 0 spiro atoms. The first kappa shape index (κ1) is 15.6. The third kappa shape index (κ3) is 2.93. The van der Waals surface area contributed by atoms with Gasteiger partial charge in [0.25, 0.3) is 0 Å². The van der Waals surface area contributed by atoms with Crippen molar-refractivity contribution in [2.45, 2.75) is 20.8 Å². The van der Waals surface area contributed by atoms with Gasteiger partial charge in [-0.25, -0.2) is 4.79 Å². The molecular formula is C17H18N2O3. The summed E-state index contributed by atoms with van der Waals surface area (Å²) in [6.45, 7) is 5.77. The molecule has 0 aliphatic heterocycles. The van der Waals surface area contributed by atoms with Gasteiger partial charge in [-0.15, -0.1) is 0 Å². The van der Waals surface area contributed by atoms with E-state index in [4.69, 9.17) is 10.8 Å². The lowest BCUT2D eigenvalue weighted by atomic mass is 10.1. The van der Waals surface area contributed by atoms with Crippen LogP contribution in [0, 0.1) is 20.8 Å². The highest BCUT2D eigenvalue weighted by atomic mass is 16.4. The third-order valence-electron chi connectivity index (χ3n) is 3.58. The van der Waals surface area contributed by atoms with Gasteiger partial charge >= 0.3 is 5.97 Å². The second kappa shape index (κ2) is 5.89. The van der Waals surface area contributed by atoms with Crippen LogP contribution in [0.4, 0.5) is 0 Å². The lowest BCUT2D eigenvalue weighted by Crippen LogP contribution is -2.05. The number of aryl methyl sites for hydroxylation is 2. The average Bonchev–Trinajstić information content (AvgIpc) is 2.71. The van der Waals surface area contributed by atoms with Gasteiger partial charge in [0.05, 0.1) is 5.56 Å². The largest absolute Gasteiger partial charge is 0.478 e. The van der Waals surface area contributed by atoms with Crippen LogP contribution in [0.15, 0.2) is 30.3 Å². The molecular weight excluding hydrogens is 280 g/mol. The number of benzene rings is 1. The molecule has 0 fully saturated rings. The van der Waals surface area contributed by atoms with Crippen LogP contribution < -0.4 is 5.73 Å². The van der Waals surface area contributed by atoms with Gasteiger partial charge in [-0.2, -0.15) is 0 Å². The van der Waals surface area contributed by atoms with Gasteiger partial charge in [0.1, 0.15) is 0 Å². The molecule has 114 valence electrons. The minimum absolute atomic E-state index is 0.262. The quantitative estimate of drug-likeness (QED) is 0.851. The number of hydrogen-bond acceptors (Lipinski definition) is 2. The fraction of sp³-hybridized carbons (Fsp3) is 0.176. The number of aromatic carboxylic acids is 1. The van der Waals surface area contributed by atoms with Gasteiger partial charge in [-0.1, -0.05) is 0 Å². The highest BCUT2D eigenvalue weighted by Gasteiger charge is 2.12. The van der Waals surface area contributed by atoms with Crippen molar-refractivity contribution in [2.24, 2.45) is 5.73 Å². The van der Waals surface area contributed by atoms with Crippen LogP contribution in [0.2, 0.25) is 0 Å². The van der Waals surface area contributed by atoms with E-state index in [1.165, 1.54) is 6.08 Å². The van der Waals surface area contributed by atoms with E-state index in [1.807, 2.05) is 31.4 Å². The summed E-state index contributed by atoms with van der Waals surface area (Å²) in [4.78, 5) is 21.9. The molecule has 0 radical (unpaired) electrons. The van der Waals surface area contributed by atoms with E-state index < -0.39 is 11.9 Å². The Bertz CT molecular complexity index is 785. The SMILES string of the molecule is Cc1cc(C(=O)O)ccc1-n1c(C)cc(/C=C/C(N)=O)c1C. The van der Waals surface area contributed by atoms with E-state index in [-0.39, 0.29) is 5.56 Å². The molecule has 5 heteroatoms. The Balaban J connectivity index is 2.54. The minimum Gasteiger partial charge on any atom is -0.478 e. The normalized spacial score (nSPS) is 11.0. The van der Waals surface area contributed by atoms with E-state index in [9.17, 15) is 9.59 Å². The standard InChI is InChI=1S/C17H18N2O3/c1-10-8-14(17(21)22)4-6-15(10)19-11(2)9-13(12(19)3)5-7-16(18)20/h4-9H,1-3H3,(H2,18,20)(H,21,22)/b7-5+. The molecule has 1 aromatic carbocycles. The number of nitrogens with two attached hydrogens (primary N) is 1. The first-order chi connectivity index (χ1) is 10.3. The van der Waals surface area contributed by atoms with Gasteiger partial charge in [0, 0.05) is 23.2 Å². The number of rotatable bonds is 4. The number of nitrogens with zero attached hydrogens (tertiary/aromatic N) is 1. The van der Waals surface area contributed by atoms with Gasteiger partial charge < -0.3 is 15.4 Å². The maximum absolute atomic E-state index is 11.0. The van der Waals surface area contributed by atoms with Crippen molar-refractivity contribution in [1.29, 1.82) is 0 Å². The predicted octanol–water partition coefficient (Wildman–Crippen LogP) is 2.60. The van der Waals surface area contributed by atoms with Crippen LogP contribution in [-0.4, -0.2) is 21.6 Å². The molecule has 0 unspecified atom stereocenters. The zero-order valence-electron chi connectivity index (χ0n) is 12.8. The van der Waals surface area contributed by atoms with Crippen LogP contribution in [0.1, 0.15) is 32.9 Å². The molecule has 0 aliphatic carbocycles. The molecule has 2 aromatic rings. The number of hydrogen-bond donors (Lipinski definition) is 2. The number of primary amides is 1. The van der Waals surface area contributed by atoms with E-state index in [0.29, 0.717) is 0 Å². The molecule has 22 heavy (non-hydrogen) atoms. The fourth-order valence-electron chi connectivity index (χ4n) is 2.54. The second-order valence-electron chi connectivity index (χ2n) is 5.20. The van der Waals surface area contributed by atoms with Gasteiger partial charge in [0.15, 0.2) is 0 Å². The van der Waals surface area contributed by atoms with Crippen molar-refractivity contribution in [3.63, 3.8) is 0 Å². The molecule has 1 aromatic heterocycles. The Morgan fingerprint density at radius 3 is 2.41 bits per heavy atom. The van der Waals surface area contributed by atoms with Crippen molar-refractivity contribution >= 4 is 18.0 Å². The topological polar surface area (TPSA) is 85.3 Å². The van der Waals surface area contributed by atoms with Gasteiger partial charge in [-0.3, -0.25) is 4.79 Å². The van der Waals surface area contributed by atoms with E-state index in [2.05, 4.69) is 0 Å². The predicted molar refractivity (Wildman–Crippen MR) is 85.2 cm³/mol. The molecule has 0 saturated carbocycles. The first-order valence-corrected chi connectivity index (χ1v) is 6.82. The molecule has 0 bridgehead atoms. The van der Waals surface area contributed by atoms with Crippen LogP contribution in [0.5, 0.6) is 0 Å². The number of aromatic nitrogens is 1. The van der Waals surface area contributed by atoms with E-state index >= 15 is 0 Å². The maximum Gasteiger partial charge on any atom is 0.335 e. The first-order valence-electron chi connectivity index (χ1n) is 6.82. The molecule has 1 amide bonds. The summed E-state index contributed by atoms with van der Waals surface area (Å²) < 4.78 is 2.03. The highest BCUT2D eigenvalue weighted by molar-refractivity contribution is 5.90. The van der Waals surface area contributed by atoms with Gasteiger partial charge in [-0.05, 0) is 62.2 Å². The van der Waals surface area contributed by atoms with E-state index in [0.717, 1.165) is 28.2 Å². The van der Waals surface area contributed by atoms with Crippen molar-refractivity contribution in [3.05, 3.63) is 58.4 Å².